The third-order valence-corrected chi connectivity index (χ3v) is 8.20. The quantitative estimate of drug-likeness (QED) is 0.279. The van der Waals surface area contributed by atoms with E-state index in [0.29, 0.717) is 6.61 Å². The molecule has 242 valence electrons. The summed E-state index contributed by atoms with van der Waals surface area (Å²) < 4.78 is 18.7. The second-order valence-electron chi connectivity index (χ2n) is 13.5. The third kappa shape index (κ3) is 7.72. The van der Waals surface area contributed by atoms with Gasteiger partial charge < -0.3 is 34.0 Å². The molecule has 11 heteroatoms. The standard InChI is InChI=1S/C33H49N5O6/c1-22-19-35(14-9-17-42-8)27-18-24(10-13-26(22)27)23(2)38(25-11-12-25)29(39)28-20-36(30(40)44-33(6,7)21-34)15-16-37(28)31(41)43-32(3,4)5/h10,13,18-19,21,23,25,28,34H,9,11-12,14-17,20H2,1-8H3/t23?,28-/m1/s1. The normalized spacial score (nSPS) is 18.2. The number of aryl methyl sites for hydroxylation is 2. The summed E-state index contributed by atoms with van der Waals surface area (Å²) in [5.41, 5.74) is 1.48. The van der Waals surface area contributed by atoms with E-state index in [1.807, 2.05) is 11.8 Å². The van der Waals surface area contributed by atoms with Gasteiger partial charge in [0.25, 0.3) is 0 Å². The van der Waals surface area contributed by atoms with Crippen molar-refractivity contribution in [1.82, 2.24) is 19.3 Å². The SMILES string of the molecule is COCCCn1cc(C)c2ccc(C(C)N(C(=O)[C@H]3CN(C(=O)OC(C)(C)C=N)CCN3C(=O)OC(C)(C)C)C3CC3)cc21. The van der Waals surface area contributed by atoms with E-state index in [1.165, 1.54) is 20.7 Å². The molecule has 1 N–H and O–H groups in total. The van der Waals surface area contributed by atoms with Crippen molar-refractivity contribution < 1.29 is 28.6 Å². The van der Waals surface area contributed by atoms with E-state index in [4.69, 9.17) is 19.6 Å². The summed E-state index contributed by atoms with van der Waals surface area (Å²) in [5, 5.41) is 8.75. The number of amides is 3. The van der Waals surface area contributed by atoms with Gasteiger partial charge in [-0.3, -0.25) is 9.69 Å². The molecule has 1 aliphatic carbocycles. The Bertz CT molecular complexity index is 1370. The van der Waals surface area contributed by atoms with E-state index in [9.17, 15) is 14.4 Å². The van der Waals surface area contributed by atoms with E-state index in [0.717, 1.165) is 43.1 Å². The molecule has 1 saturated heterocycles. The minimum absolute atomic E-state index is 0.0263. The number of hydrogen-bond acceptors (Lipinski definition) is 7. The Balaban J connectivity index is 1.65. The molecular weight excluding hydrogens is 562 g/mol. The van der Waals surface area contributed by atoms with Crippen LogP contribution in [0.25, 0.3) is 10.9 Å². The molecule has 2 heterocycles. The summed E-state index contributed by atoms with van der Waals surface area (Å²) >= 11 is 0. The number of benzene rings is 1. The highest BCUT2D eigenvalue weighted by Crippen LogP contribution is 2.37. The van der Waals surface area contributed by atoms with Gasteiger partial charge in [0.1, 0.15) is 17.2 Å². The van der Waals surface area contributed by atoms with E-state index in [2.05, 4.69) is 35.9 Å². The number of hydrogen-bond donors (Lipinski definition) is 1. The van der Waals surface area contributed by atoms with Crippen LogP contribution in [-0.2, 0) is 25.5 Å². The molecule has 11 nitrogen and oxygen atoms in total. The third-order valence-electron chi connectivity index (χ3n) is 8.20. The number of carbonyl (C=O) groups is 3. The lowest BCUT2D eigenvalue weighted by atomic mass is 10.0. The lowest BCUT2D eigenvalue weighted by Gasteiger charge is -2.43. The maximum atomic E-state index is 14.5. The Labute approximate surface area is 260 Å². The summed E-state index contributed by atoms with van der Waals surface area (Å²) in [4.78, 5) is 45.8. The number of nitrogens with zero attached hydrogens (tertiary/aromatic N) is 4. The highest BCUT2D eigenvalue weighted by Gasteiger charge is 2.46. The monoisotopic (exact) mass is 611 g/mol. The molecule has 0 spiro atoms. The molecule has 1 aromatic heterocycles. The lowest BCUT2D eigenvalue weighted by Crippen LogP contribution is -2.63. The Morgan fingerprint density at radius 1 is 1.09 bits per heavy atom. The topological polar surface area (TPSA) is 117 Å². The van der Waals surface area contributed by atoms with Gasteiger partial charge in [-0.1, -0.05) is 12.1 Å². The molecule has 3 amide bonds. The summed E-state index contributed by atoms with van der Waals surface area (Å²) in [5.74, 6) is -0.221. The van der Waals surface area contributed by atoms with Crippen molar-refractivity contribution in [2.75, 3.05) is 33.4 Å². The maximum absolute atomic E-state index is 14.5. The van der Waals surface area contributed by atoms with Gasteiger partial charge in [-0.25, -0.2) is 9.59 Å². The Morgan fingerprint density at radius 3 is 2.41 bits per heavy atom. The molecule has 1 saturated carbocycles. The minimum atomic E-state index is -1.09. The van der Waals surface area contributed by atoms with Crippen LogP contribution < -0.4 is 0 Å². The fourth-order valence-corrected chi connectivity index (χ4v) is 5.71. The predicted octanol–water partition coefficient (Wildman–Crippen LogP) is 5.52. The van der Waals surface area contributed by atoms with Crippen LogP contribution >= 0.6 is 0 Å². The number of nitrogens with one attached hydrogen (secondary N) is 1. The Morgan fingerprint density at radius 2 is 1.80 bits per heavy atom. The van der Waals surface area contributed by atoms with Crippen LogP contribution in [0, 0.1) is 12.3 Å². The van der Waals surface area contributed by atoms with Crippen LogP contribution in [0.2, 0.25) is 0 Å². The summed E-state index contributed by atoms with van der Waals surface area (Å²) in [7, 11) is 1.71. The van der Waals surface area contributed by atoms with Crippen LogP contribution in [-0.4, -0.2) is 100 Å². The molecule has 2 atom stereocenters. The summed E-state index contributed by atoms with van der Waals surface area (Å²) in [6.45, 7) is 14.5. The Hall–Kier alpha value is -3.60. The van der Waals surface area contributed by atoms with Gasteiger partial charge in [0.15, 0.2) is 0 Å². The van der Waals surface area contributed by atoms with Gasteiger partial charge in [-0.15, -0.1) is 0 Å². The largest absolute Gasteiger partial charge is 0.444 e. The number of piperazine rings is 1. The molecule has 4 rings (SSSR count). The molecule has 44 heavy (non-hydrogen) atoms. The van der Waals surface area contributed by atoms with Crippen molar-refractivity contribution in [3.63, 3.8) is 0 Å². The van der Waals surface area contributed by atoms with E-state index >= 15 is 0 Å². The second kappa shape index (κ2) is 13.2. The van der Waals surface area contributed by atoms with Gasteiger partial charge in [0, 0.05) is 62.7 Å². The number of fused-ring (bicyclic) bond motifs is 1. The molecule has 1 unspecified atom stereocenters. The fourth-order valence-electron chi connectivity index (χ4n) is 5.71. The predicted molar refractivity (Wildman–Crippen MR) is 169 cm³/mol. The highest BCUT2D eigenvalue weighted by atomic mass is 16.6. The van der Waals surface area contributed by atoms with Crippen LogP contribution in [0.4, 0.5) is 9.59 Å². The zero-order chi connectivity index (χ0) is 32.4. The minimum Gasteiger partial charge on any atom is -0.444 e. The van der Waals surface area contributed by atoms with Crippen molar-refractivity contribution in [3.05, 3.63) is 35.5 Å². The summed E-state index contributed by atoms with van der Waals surface area (Å²) in [6.07, 6.45) is 4.66. The van der Waals surface area contributed by atoms with Crippen molar-refractivity contribution >= 4 is 35.2 Å². The number of rotatable bonds is 10. The molecule has 0 bridgehead atoms. The zero-order valence-electron chi connectivity index (χ0n) is 27.5. The van der Waals surface area contributed by atoms with E-state index in [-0.39, 0.29) is 37.6 Å². The van der Waals surface area contributed by atoms with Gasteiger partial charge in [0.2, 0.25) is 5.91 Å². The zero-order valence-corrected chi connectivity index (χ0v) is 27.5. The number of carbonyl (C=O) groups excluding carboxylic acids is 3. The summed E-state index contributed by atoms with van der Waals surface area (Å²) in [6, 6.07) is 5.21. The first-order chi connectivity index (χ1) is 20.7. The molecule has 0 radical (unpaired) electrons. The number of methoxy groups -OCH3 is 1. The van der Waals surface area contributed by atoms with Gasteiger partial charge in [0.05, 0.1) is 12.6 Å². The van der Waals surface area contributed by atoms with Crippen LogP contribution in [0.1, 0.15) is 78.0 Å². The van der Waals surface area contributed by atoms with Gasteiger partial charge >= 0.3 is 12.2 Å². The molecule has 1 aromatic carbocycles. The average molecular weight is 612 g/mol. The number of aromatic nitrogens is 1. The van der Waals surface area contributed by atoms with Crippen molar-refractivity contribution in [2.45, 2.75) is 104 Å². The second-order valence-corrected chi connectivity index (χ2v) is 13.5. The molecule has 2 fully saturated rings. The van der Waals surface area contributed by atoms with Crippen molar-refractivity contribution in [3.8, 4) is 0 Å². The first-order valence-corrected chi connectivity index (χ1v) is 15.6. The average Bonchev–Trinajstić information content (AvgIpc) is 3.74. The van der Waals surface area contributed by atoms with Gasteiger partial charge in [-0.2, -0.15) is 0 Å². The lowest BCUT2D eigenvalue weighted by molar-refractivity contribution is -0.142. The smallest absolute Gasteiger partial charge is 0.411 e. The van der Waals surface area contributed by atoms with Crippen LogP contribution in [0.5, 0.6) is 0 Å². The van der Waals surface area contributed by atoms with Crippen LogP contribution in [0.3, 0.4) is 0 Å². The van der Waals surface area contributed by atoms with E-state index < -0.39 is 29.4 Å². The number of ether oxygens (including phenoxy) is 3. The van der Waals surface area contributed by atoms with Gasteiger partial charge in [-0.05, 0) is 84.9 Å². The first-order valence-electron chi connectivity index (χ1n) is 15.6. The first kappa shape index (κ1) is 33.3. The molecule has 2 aromatic rings. The molecular formula is C33H49N5O6. The highest BCUT2D eigenvalue weighted by molar-refractivity contribution is 5.89. The molecule has 2 aliphatic rings. The van der Waals surface area contributed by atoms with Crippen molar-refractivity contribution in [1.29, 1.82) is 5.41 Å². The van der Waals surface area contributed by atoms with Crippen LogP contribution in [0.15, 0.2) is 24.4 Å². The molecule has 1 aliphatic heterocycles. The maximum Gasteiger partial charge on any atom is 0.411 e. The fraction of sp³-hybridized carbons (Fsp3) is 0.636. The van der Waals surface area contributed by atoms with E-state index in [1.54, 1.807) is 41.7 Å². The Kier molecular flexibility index (Phi) is 9.97. The van der Waals surface area contributed by atoms with Crippen molar-refractivity contribution in [2.24, 2.45) is 0 Å².